The SMILES string of the molecule is CC(C)c1nc2c(o1)CCN(C(=O)c1c(Cl)cnn1C)C2. The minimum absolute atomic E-state index is 0.125. The molecule has 0 aliphatic carbocycles. The second kappa shape index (κ2) is 5.18. The van der Waals surface area contributed by atoms with E-state index in [1.54, 1.807) is 11.9 Å². The molecular weight excluding hydrogens is 292 g/mol. The molecule has 112 valence electrons. The van der Waals surface area contributed by atoms with Crippen LogP contribution in [0, 0.1) is 0 Å². The summed E-state index contributed by atoms with van der Waals surface area (Å²) < 4.78 is 7.24. The Kier molecular flexibility index (Phi) is 3.49. The Morgan fingerprint density at radius 3 is 2.86 bits per heavy atom. The van der Waals surface area contributed by atoms with Gasteiger partial charge in [-0.05, 0) is 0 Å². The van der Waals surface area contributed by atoms with Crippen LogP contribution >= 0.6 is 11.6 Å². The van der Waals surface area contributed by atoms with Crippen molar-refractivity contribution in [1.82, 2.24) is 19.7 Å². The van der Waals surface area contributed by atoms with Crippen LogP contribution in [0.1, 0.15) is 47.6 Å². The zero-order chi connectivity index (χ0) is 15.1. The summed E-state index contributed by atoms with van der Waals surface area (Å²) in [4.78, 5) is 18.8. The molecule has 3 rings (SSSR count). The second-order valence-electron chi connectivity index (χ2n) is 5.52. The molecule has 1 amide bonds. The van der Waals surface area contributed by atoms with Gasteiger partial charge in [0, 0.05) is 25.9 Å². The fraction of sp³-hybridized carbons (Fsp3) is 0.500. The van der Waals surface area contributed by atoms with E-state index >= 15 is 0 Å². The van der Waals surface area contributed by atoms with E-state index in [4.69, 9.17) is 16.0 Å². The highest BCUT2D eigenvalue weighted by Gasteiger charge is 2.29. The van der Waals surface area contributed by atoms with Crippen LogP contribution in [0.25, 0.3) is 0 Å². The fourth-order valence-corrected chi connectivity index (χ4v) is 2.69. The fourth-order valence-electron chi connectivity index (χ4n) is 2.44. The number of halogens is 1. The van der Waals surface area contributed by atoms with Crippen LogP contribution in [0.15, 0.2) is 10.6 Å². The van der Waals surface area contributed by atoms with Crippen LogP contribution in [-0.2, 0) is 20.0 Å². The molecule has 0 radical (unpaired) electrons. The number of nitrogens with zero attached hydrogens (tertiary/aromatic N) is 4. The van der Waals surface area contributed by atoms with Crippen LogP contribution in [0.4, 0.5) is 0 Å². The lowest BCUT2D eigenvalue weighted by molar-refractivity contribution is 0.0717. The van der Waals surface area contributed by atoms with Crippen molar-refractivity contribution in [2.45, 2.75) is 32.7 Å². The molecule has 21 heavy (non-hydrogen) atoms. The van der Waals surface area contributed by atoms with Crippen molar-refractivity contribution in [3.63, 3.8) is 0 Å². The molecule has 0 saturated carbocycles. The number of hydrogen-bond acceptors (Lipinski definition) is 4. The normalized spacial score (nSPS) is 14.6. The minimum Gasteiger partial charge on any atom is -0.445 e. The number of carbonyl (C=O) groups excluding carboxylic acids is 1. The highest BCUT2D eigenvalue weighted by molar-refractivity contribution is 6.33. The van der Waals surface area contributed by atoms with Crippen molar-refractivity contribution in [3.05, 3.63) is 34.3 Å². The van der Waals surface area contributed by atoms with E-state index < -0.39 is 0 Å². The van der Waals surface area contributed by atoms with E-state index in [-0.39, 0.29) is 11.8 Å². The molecule has 1 aliphatic rings. The van der Waals surface area contributed by atoms with E-state index in [9.17, 15) is 4.79 Å². The monoisotopic (exact) mass is 308 g/mol. The summed E-state index contributed by atoms with van der Waals surface area (Å²) in [6, 6.07) is 0. The topological polar surface area (TPSA) is 64.2 Å². The molecule has 0 bridgehead atoms. The van der Waals surface area contributed by atoms with E-state index in [1.165, 1.54) is 10.9 Å². The predicted octanol–water partition coefficient (Wildman–Crippen LogP) is 2.38. The first kappa shape index (κ1) is 14.1. The molecule has 3 heterocycles. The summed E-state index contributed by atoms with van der Waals surface area (Å²) in [6.07, 6.45) is 2.16. The number of rotatable bonds is 2. The van der Waals surface area contributed by atoms with Crippen molar-refractivity contribution in [3.8, 4) is 0 Å². The molecule has 0 spiro atoms. The zero-order valence-electron chi connectivity index (χ0n) is 12.3. The minimum atomic E-state index is -0.125. The van der Waals surface area contributed by atoms with Crippen molar-refractivity contribution < 1.29 is 9.21 Å². The van der Waals surface area contributed by atoms with Crippen molar-refractivity contribution in [2.75, 3.05) is 6.54 Å². The summed E-state index contributed by atoms with van der Waals surface area (Å²) in [5.74, 6) is 1.73. The number of amides is 1. The van der Waals surface area contributed by atoms with Gasteiger partial charge in [-0.3, -0.25) is 9.48 Å². The van der Waals surface area contributed by atoms with Gasteiger partial charge in [-0.1, -0.05) is 25.4 Å². The standard InChI is InChI=1S/C14H17ClN4O2/c1-8(2)13-17-10-7-19(5-4-11(10)21-13)14(20)12-9(15)6-16-18(12)3/h6,8H,4-5,7H2,1-3H3. The summed E-state index contributed by atoms with van der Waals surface area (Å²) in [6.45, 7) is 5.12. The lowest BCUT2D eigenvalue weighted by atomic mass is 10.1. The maximum atomic E-state index is 12.6. The van der Waals surface area contributed by atoms with Crippen LogP contribution in [0.2, 0.25) is 5.02 Å². The van der Waals surface area contributed by atoms with Crippen molar-refractivity contribution in [2.24, 2.45) is 7.05 Å². The molecule has 0 unspecified atom stereocenters. The Balaban J connectivity index is 1.84. The number of hydrogen-bond donors (Lipinski definition) is 0. The first-order chi connectivity index (χ1) is 9.97. The first-order valence-corrected chi connectivity index (χ1v) is 7.30. The summed E-state index contributed by atoms with van der Waals surface area (Å²) in [5.41, 5.74) is 1.25. The lowest BCUT2D eigenvalue weighted by Gasteiger charge is -2.25. The van der Waals surface area contributed by atoms with Gasteiger partial charge in [0.05, 0.1) is 17.8 Å². The maximum Gasteiger partial charge on any atom is 0.274 e. The van der Waals surface area contributed by atoms with Gasteiger partial charge >= 0.3 is 0 Å². The molecule has 0 atom stereocenters. The number of carbonyl (C=O) groups is 1. The highest BCUT2D eigenvalue weighted by atomic mass is 35.5. The van der Waals surface area contributed by atoms with E-state index in [0.29, 0.717) is 30.2 Å². The molecule has 7 heteroatoms. The van der Waals surface area contributed by atoms with Crippen molar-refractivity contribution in [1.29, 1.82) is 0 Å². The van der Waals surface area contributed by atoms with Crippen molar-refractivity contribution >= 4 is 17.5 Å². The van der Waals surface area contributed by atoms with E-state index in [2.05, 4.69) is 10.1 Å². The smallest absolute Gasteiger partial charge is 0.274 e. The van der Waals surface area contributed by atoms with Gasteiger partial charge in [-0.25, -0.2) is 4.98 Å². The Labute approximate surface area is 127 Å². The van der Waals surface area contributed by atoms with Gasteiger partial charge < -0.3 is 9.32 Å². The molecule has 0 N–H and O–H groups in total. The Hall–Kier alpha value is -1.82. The van der Waals surface area contributed by atoms with E-state index in [0.717, 1.165) is 17.3 Å². The number of aryl methyl sites for hydroxylation is 1. The van der Waals surface area contributed by atoms with E-state index in [1.807, 2.05) is 13.8 Å². The molecule has 0 fully saturated rings. The highest BCUT2D eigenvalue weighted by Crippen LogP contribution is 2.25. The summed E-state index contributed by atoms with van der Waals surface area (Å²) in [7, 11) is 1.71. The van der Waals surface area contributed by atoms with Gasteiger partial charge in [-0.2, -0.15) is 5.10 Å². The molecule has 2 aromatic rings. The number of aromatic nitrogens is 3. The average molecular weight is 309 g/mol. The van der Waals surface area contributed by atoms with Crippen LogP contribution in [0.5, 0.6) is 0 Å². The van der Waals surface area contributed by atoms with Crippen LogP contribution in [0.3, 0.4) is 0 Å². The van der Waals surface area contributed by atoms with Gasteiger partial charge in [0.1, 0.15) is 17.1 Å². The summed E-state index contributed by atoms with van der Waals surface area (Å²) >= 11 is 6.04. The molecule has 6 nitrogen and oxygen atoms in total. The van der Waals surface area contributed by atoms with Gasteiger partial charge in [0.25, 0.3) is 5.91 Å². The van der Waals surface area contributed by atoms with Gasteiger partial charge in [-0.15, -0.1) is 0 Å². The Bertz CT molecular complexity index is 670. The van der Waals surface area contributed by atoms with Gasteiger partial charge in [0.2, 0.25) is 0 Å². The molecule has 0 saturated heterocycles. The lowest BCUT2D eigenvalue weighted by Crippen LogP contribution is -2.37. The predicted molar refractivity (Wildman–Crippen MR) is 77.3 cm³/mol. The molecule has 1 aliphatic heterocycles. The van der Waals surface area contributed by atoms with Crippen LogP contribution in [-0.4, -0.2) is 32.1 Å². The Morgan fingerprint density at radius 1 is 1.48 bits per heavy atom. The van der Waals surface area contributed by atoms with Gasteiger partial charge in [0.15, 0.2) is 5.89 Å². The quantitative estimate of drug-likeness (QED) is 0.854. The van der Waals surface area contributed by atoms with Crippen LogP contribution < -0.4 is 0 Å². The average Bonchev–Trinajstić information content (AvgIpc) is 3.01. The summed E-state index contributed by atoms with van der Waals surface area (Å²) in [5, 5.41) is 4.38. The molecular formula is C14H17ClN4O2. The largest absolute Gasteiger partial charge is 0.445 e. The zero-order valence-corrected chi connectivity index (χ0v) is 13.0. The Morgan fingerprint density at radius 2 is 2.24 bits per heavy atom. The third-order valence-corrected chi connectivity index (χ3v) is 3.90. The number of oxazole rings is 1. The third kappa shape index (κ3) is 2.44. The third-order valence-electron chi connectivity index (χ3n) is 3.62. The first-order valence-electron chi connectivity index (χ1n) is 6.92. The molecule has 0 aromatic carbocycles. The number of fused-ring (bicyclic) bond motifs is 1. The maximum absolute atomic E-state index is 12.6. The molecule has 2 aromatic heterocycles. The second-order valence-corrected chi connectivity index (χ2v) is 5.93.